The Morgan fingerprint density at radius 2 is 1.95 bits per heavy atom. The van der Waals surface area contributed by atoms with Crippen molar-refractivity contribution in [1.82, 2.24) is 9.88 Å². The van der Waals surface area contributed by atoms with Gasteiger partial charge in [0.15, 0.2) is 0 Å². The van der Waals surface area contributed by atoms with Gasteiger partial charge >= 0.3 is 0 Å². The summed E-state index contributed by atoms with van der Waals surface area (Å²) in [6.07, 6.45) is 6.04. The SMILES string of the molecule is C=CC1CN2CCC1CC2C(Nc1c(NCc2ccccc2)c(=O)c1=O)c1ccnc2ccc(OC)cc12. The van der Waals surface area contributed by atoms with E-state index in [0.29, 0.717) is 29.8 Å². The van der Waals surface area contributed by atoms with Crippen LogP contribution in [0.1, 0.15) is 30.0 Å². The number of hydrogen-bond donors (Lipinski definition) is 2. The molecule has 3 fully saturated rings. The van der Waals surface area contributed by atoms with E-state index >= 15 is 0 Å². The van der Waals surface area contributed by atoms with Gasteiger partial charge in [-0.05, 0) is 66.6 Å². The van der Waals surface area contributed by atoms with E-state index in [9.17, 15) is 9.59 Å². The molecule has 0 aliphatic carbocycles. The molecule has 7 rings (SSSR count). The molecule has 5 atom stereocenters. The standard InChI is InChI=1S/C31H32N4O3/c1-3-20-18-35-14-12-21(20)15-26(35)27(23-11-13-32-25-10-9-22(38-2)16-24(23)25)34-29-28(30(36)31(29)37)33-17-19-7-5-4-6-8-19/h3-11,13,16,20-21,26-27,33-34H,1,12,14-15,17-18H2,2H3. The van der Waals surface area contributed by atoms with Crippen LogP contribution >= 0.6 is 0 Å². The predicted octanol–water partition coefficient (Wildman–Crippen LogP) is 4.50. The van der Waals surface area contributed by atoms with Gasteiger partial charge in [0, 0.05) is 30.7 Å². The van der Waals surface area contributed by atoms with Crippen molar-refractivity contribution in [3.05, 3.63) is 105 Å². The van der Waals surface area contributed by atoms with E-state index in [2.05, 4.69) is 33.2 Å². The third-order valence-corrected chi connectivity index (χ3v) is 8.38. The fourth-order valence-corrected chi connectivity index (χ4v) is 6.29. The van der Waals surface area contributed by atoms with Gasteiger partial charge in [-0.15, -0.1) is 6.58 Å². The molecule has 7 nitrogen and oxygen atoms in total. The molecular weight excluding hydrogens is 476 g/mol. The Labute approximate surface area is 221 Å². The average Bonchev–Trinajstić information content (AvgIpc) is 2.98. The Kier molecular flexibility index (Phi) is 6.45. The Bertz CT molecular complexity index is 1540. The van der Waals surface area contributed by atoms with Gasteiger partial charge in [0.2, 0.25) is 0 Å². The van der Waals surface area contributed by atoms with Gasteiger partial charge in [-0.2, -0.15) is 0 Å². The van der Waals surface area contributed by atoms with E-state index in [0.717, 1.165) is 53.7 Å². The maximum Gasteiger partial charge on any atom is 0.253 e. The van der Waals surface area contributed by atoms with Crippen molar-refractivity contribution < 1.29 is 4.74 Å². The molecule has 3 aliphatic heterocycles. The van der Waals surface area contributed by atoms with Crippen molar-refractivity contribution in [2.75, 3.05) is 30.8 Å². The van der Waals surface area contributed by atoms with Crippen molar-refractivity contribution in [2.24, 2.45) is 11.8 Å². The second kappa shape index (κ2) is 10.1. The van der Waals surface area contributed by atoms with E-state index in [-0.39, 0.29) is 12.1 Å². The lowest BCUT2D eigenvalue weighted by atomic mass is 9.73. The van der Waals surface area contributed by atoms with E-state index in [1.807, 2.05) is 60.8 Å². The monoisotopic (exact) mass is 508 g/mol. The minimum Gasteiger partial charge on any atom is -0.497 e. The summed E-state index contributed by atoms with van der Waals surface area (Å²) < 4.78 is 5.53. The first-order valence-electron chi connectivity index (χ1n) is 13.2. The zero-order valence-electron chi connectivity index (χ0n) is 21.5. The molecule has 3 saturated heterocycles. The highest BCUT2D eigenvalue weighted by molar-refractivity contribution is 5.85. The quantitative estimate of drug-likeness (QED) is 0.254. The van der Waals surface area contributed by atoms with Crippen LogP contribution in [0.5, 0.6) is 5.75 Å². The van der Waals surface area contributed by atoms with Crippen LogP contribution in [0.3, 0.4) is 0 Å². The molecule has 4 heterocycles. The summed E-state index contributed by atoms with van der Waals surface area (Å²) in [6, 6.07) is 17.7. The van der Waals surface area contributed by atoms with Crippen LogP contribution in [0.25, 0.3) is 10.9 Å². The minimum absolute atomic E-state index is 0.160. The van der Waals surface area contributed by atoms with E-state index in [1.165, 1.54) is 0 Å². The zero-order chi connectivity index (χ0) is 26.2. The first kappa shape index (κ1) is 24.4. The molecule has 1 aromatic heterocycles. The van der Waals surface area contributed by atoms with Gasteiger partial charge in [-0.3, -0.25) is 19.5 Å². The second-order valence-corrected chi connectivity index (χ2v) is 10.4. The Hall–Kier alpha value is -3.97. The van der Waals surface area contributed by atoms with E-state index in [1.54, 1.807) is 7.11 Å². The van der Waals surface area contributed by atoms with Crippen molar-refractivity contribution in [3.63, 3.8) is 0 Å². The maximum atomic E-state index is 12.9. The maximum absolute atomic E-state index is 12.9. The number of rotatable bonds is 9. The topological polar surface area (TPSA) is 83.6 Å². The first-order chi connectivity index (χ1) is 18.6. The first-order valence-corrected chi connectivity index (χ1v) is 13.2. The number of anilines is 2. The number of nitrogens with zero attached hydrogens (tertiary/aromatic N) is 2. The van der Waals surface area contributed by atoms with Gasteiger partial charge in [0.05, 0.1) is 18.7 Å². The molecule has 2 N–H and O–H groups in total. The fraction of sp³-hybridized carbons (Fsp3) is 0.323. The number of piperidine rings is 3. The molecule has 0 amide bonds. The van der Waals surface area contributed by atoms with Crippen molar-refractivity contribution in [1.29, 1.82) is 0 Å². The van der Waals surface area contributed by atoms with Gasteiger partial charge in [-0.25, -0.2) is 0 Å². The third-order valence-electron chi connectivity index (χ3n) is 8.38. The summed E-state index contributed by atoms with van der Waals surface area (Å²) in [5, 5.41) is 7.76. The molecular formula is C31H32N4O3. The number of nitrogens with one attached hydrogen (secondary N) is 2. The number of pyridine rings is 1. The number of aromatic nitrogens is 1. The zero-order valence-corrected chi connectivity index (χ0v) is 21.5. The average molecular weight is 509 g/mol. The smallest absolute Gasteiger partial charge is 0.253 e. The predicted molar refractivity (Wildman–Crippen MR) is 152 cm³/mol. The van der Waals surface area contributed by atoms with Crippen LogP contribution in [0.15, 0.2) is 83.0 Å². The Morgan fingerprint density at radius 1 is 1.13 bits per heavy atom. The minimum atomic E-state index is -0.472. The molecule has 3 aliphatic rings. The summed E-state index contributed by atoms with van der Waals surface area (Å²) in [7, 11) is 1.66. The van der Waals surface area contributed by atoms with Crippen LogP contribution < -0.4 is 26.2 Å². The molecule has 0 spiro atoms. The molecule has 2 bridgehead atoms. The van der Waals surface area contributed by atoms with Crippen molar-refractivity contribution >= 4 is 22.3 Å². The summed E-state index contributed by atoms with van der Waals surface area (Å²) >= 11 is 0. The second-order valence-electron chi connectivity index (χ2n) is 10.4. The normalized spacial score (nSPS) is 23.3. The van der Waals surface area contributed by atoms with Gasteiger partial charge in [-0.1, -0.05) is 36.4 Å². The largest absolute Gasteiger partial charge is 0.497 e. The highest BCUT2D eigenvalue weighted by atomic mass is 16.5. The number of ether oxygens (including phenoxy) is 1. The highest BCUT2D eigenvalue weighted by Gasteiger charge is 2.43. The fourth-order valence-electron chi connectivity index (χ4n) is 6.29. The summed E-state index contributed by atoms with van der Waals surface area (Å²) in [4.78, 5) is 32.6. The molecule has 0 saturated carbocycles. The lowest BCUT2D eigenvalue weighted by Crippen LogP contribution is -2.56. The molecule has 0 radical (unpaired) electrons. The van der Waals surface area contributed by atoms with E-state index < -0.39 is 10.9 Å². The van der Waals surface area contributed by atoms with Gasteiger partial charge in [0.25, 0.3) is 10.9 Å². The van der Waals surface area contributed by atoms with Crippen LogP contribution in [0.4, 0.5) is 11.4 Å². The molecule has 194 valence electrons. The van der Waals surface area contributed by atoms with E-state index in [4.69, 9.17) is 4.74 Å². The summed E-state index contributed by atoms with van der Waals surface area (Å²) in [5.41, 5.74) is 2.74. The highest BCUT2D eigenvalue weighted by Crippen LogP contribution is 2.43. The summed E-state index contributed by atoms with van der Waals surface area (Å²) in [5.74, 6) is 1.78. The van der Waals surface area contributed by atoms with Crippen LogP contribution in [0.2, 0.25) is 0 Å². The van der Waals surface area contributed by atoms with Gasteiger partial charge < -0.3 is 15.4 Å². The summed E-state index contributed by atoms with van der Waals surface area (Å²) in [6.45, 7) is 6.51. The number of methoxy groups -OCH3 is 1. The molecule has 3 aromatic carbocycles. The Morgan fingerprint density at radius 3 is 2.68 bits per heavy atom. The van der Waals surface area contributed by atoms with Crippen LogP contribution in [0, 0.1) is 11.8 Å². The van der Waals surface area contributed by atoms with Gasteiger partial charge in [0.1, 0.15) is 17.1 Å². The molecule has 38 heavy (non-hydrogen) atoms. The van der Waals surface area contributed by atoms with Crippen LogP contribution in [-0.2, 0) is 6.54 Å². The van der Waals surface area contributed by atoms with Crippen LogP contribution in [-0.4, -0.2) is 36.1 Å². The van der Waals surface area contributed by atoms with Crippen molar-refractivity contribution in [2.45, 2.75) is 31.5 Å². The Balaban J connectivity index is 1.39. The molecule has 5 unspecified atom stereocenters. The molecule has 7 heteroatoms. The number of fused-ring (bicyclic) bond motifs is 4. The number of hydrogen-bond acceptors (Lipinski definition) is 7. The lowest BCUT2D eigenvalue weighted by Gasteiger charge is -2.52. The number of benzene rings is 2. The third kappa shape index (κ3) is 4.27. The van der Waals surface area contributed by atoms with Crippen molar-refractivity contribution in [3.8, 4) is 5.75 Å². The molecule has 4 aromatic rings. The lowest BCUT2D eigenvalue weighted by molar-refractivity contribution is 0.0105.